The molecule has 0 aliphatic heterocycles. The standard InChI is InChI=1S/C11H12F2N2O/c1-11(15,7-14)5-6-16-10-8(12)3-2-4-9(10)13/h2-4H,5-6,15H2,1H3. The third-order valence-electron chi connectivity index (χ3n) is 2.04. The third-order valence-corrected chi connectivity index (χ3v) is 2.04. The fourth-order valence-electron chi connectivity index (χ4n) is 1.04. The van der Waals surface area contributed by atoms with Crippen LogP contribution < -0.4 is 10.5 Å². The van der Waals surface area contributed by atoms with Gasteiger partial charge >= 0.3 is 0 Å². The van der Waals surface area contributed by atoms with Crippen molar-refractivity contribution in [3.8, 4) is 11.8 Å². The molecule has 0 saturated heterocycles. The number of hydrogen-bond donors (Lipinski definition) is 1. The summed E-state index contributed by atoms with van der Waals surface area (Å²) in [4.78, 5) is 0. The molecule has 0 radical (unpaired) electrons. The van der Waals surface area contributed by atoms with Crippen molar-refractivity contribution in [2.24, 2.45) is 5.73 Å². The Kier molecular flexibility index (Phi) is 3.80. The summed E-state index contributed by atoms with van der Waals surface area (Å²) in [5.74, 6) is -1.97. The lowest BCUT2D eigenvalue weighted by Crippen LogP contribution is -2.35. The third kappa shape index (κ3) is 3.17. The Morgan fingerprint density at radius 3 is 2.50 bits per heavy atom. The highest BCUT2D eigenvalue weighted by atomic mass is 19.1. The van der Waals surface area contributed by atoms with E-state index in [0.717, 1.165) is 12.1 Å². The molecule has 0 aromatic heterocycles. The van der Waals surface area contributed by atoms with E-state index >= 15 is 0 Å². The zero-order valence-electron chi connectivity index (χ0n) is 8.84. The lowest BCUT2D eigenvalue weighted by atomic mass is 10.0. The second kappa shape index (κ2) is 4.90. The fourth-order valence-corrected chi connectivity index (χ4v) is 1.04. The molecule has 2 N–H and O–H groups in total. The quantitative estimate of drug-likeness (QED) is 0.853. The molecule has 16 heavy (non-hydrogen) atoms. The van der Waals surface area contributed by atoms with Crippen LogP contribution in [0.2, 0.25) is 0 Å². The second-order valence-electron chi connectivity index (χ2n) is 3.68. The Bertz CT molecular complexity index is 393. The number of nitrogens with two attached hydrogens (primary N) is 1. The van der Waals surface area contributed by atoms with Crippen molar-refractivity contribution in [3.05, 3.63) is 29.8 Å². The molecule has 0 saturated carbocycles. The fraction of sp³-hybridized carbons (Fsp3) is 0.364. The van der Waals surface area contributed by atoms with Crippen LogP contribution in [0.25, 0.3) is 0 Å². The first-order chi connectivity index (χ1) is 7.46. The van der Waals surface area contributed by atoms with Crippen LogP contribution in [-0.2, 0) is 0 Å². The number of ether oxygens (including phenoxy) is 1. The van der Waals surface area contributed by atoms with Crippen molar-refractivity contribution in [2.75, 3.05) is 6.61 Å². The number of benzene rings is 1. The Hall–Kier alpha value is -1.67. The molecule has 0 bridgehead atoms. The molecule has 0 aliphatic rings. The van der Waals surface area contributed by atoms with Crippen LogP contribution in [0.3, 0.4) is 0 Å². The molecule has 0 heterocycles. The Morgan fingerprint density at radius 1 is 1.44 bits per heavy atom. The maximum atomic E-state index is 13.1. The zero-order valence-corrected chi connectivity index (χ0v) is 8.84. The highest BCUT2D eigenvalue weighted by Crippen LogP contribution is 2.21. The SMILES string of the molecule is CC(N)(C#N)CCOc1c(F)cccc1F. The van der Waals surface area contributed by atoms with Gasteiger partial charge in [0.25, 0.3) is 0 Å². The lowest BCUT2D eigenvalue weighted by Gasteiger charge is -2.15. The molecule has 0 spiro atoms. The molecule has 1 rings (SSSR count). The van der Waals surface area contributed by atoms with E-state index in [1.165, 1.54) is 13.0 Å². The Balaban J connectivity index is 2.60. The summed E-state index contributed by atoms with van der Waals surface area (Å²) in [6, 6.07) is 5.32. The van der Waals surface area contributed by atoms with E-state index in [9.17, 15) is 8.78 Å². The highest BCUT2D eigenvalue weighted by Gasteiger charge is 2.18. The maximum Gasteiger partial charge on any atom is 0.190 e. The van der Waals surface area contributed by atoms with Gasteiger partial charge in [0.05, 0.1) is 12.7 Å². The van der Waals surface area contributed by atoms with Crippen LogP contribution in [0.5, 0.6) is 5.75 Å². The van der Waals surface area contributed by atoms with Crippen LogP contribution in [0.15, 0.2) is 18.2 Å². The van der Waals surface area contributed by atoms with Gasteiger partial charge in [-0.3, -0.25) is 0 Å². The minimum atomic E-state index is -1.05. The van der Waals surface area contributed by atoms with Gasteiger partial charge in [0.2, 0.25) is 0 Å². The number of nitriles is 1. The molecule has 0 fully saturated rings. The molecular formula is C11H12F2N2O. The van der Waals surface area contributed by atoms with Gasteiger partial charge in [-0.2, -0.15) is 5.26 Å². The predicted molar refractivity (Wildman–Crippen MR) is 54.7 cm³/mol. The van der Waals surface area contributed by atoms with E-state index in [2.05, 4.69) is 0 Å². The van der Waals surface area contributed by atoms with Crippen molar-refractivity contribution in [1.82, 2.24) is 0 Å². The summed E-state index contributed by atoms with van der Waals surface area (Å²) >= 11 is 0. The van der Waals surface area contributed by atoms with Gasteiger partial charge in [0.1, 0.15) is 5.54 Å². The van der Waals surface area contributed by atoms with Gasteiger partial charge < -0.3 is 10.5 Å². The van der Waals surface area contributed by atoms with Crippen LogP contribution in [-0.4, -0.2) is 12.1 Å². The summed E-state index contributed by atoms with van der Waals surface area (Å²) in [5, 5.41) is 8.62. The molecule has 0 aliphatic carbocycles. The number of halogens is 2. The number of rotatable bonds is 4. The van der Waals surface area contributed by atoms with Gasteiger partial charge in [0, 0.05) is 6.42 Å². The Labute approximate surface area is 92.4 Å². The molecule has 86 valence electrons. The zero-order chi connectivity index (χ0) is 12.2. The van der Waals surface area contributed by atoms with E-state index in [4.69, 9.17) is 15.7 Å². The number of nitrogens with zero attached hydrogens (tertiary/aromatic N) is 1. The summed E-state index contributed by atoms with van der Waals surface area (Å²) < 4.78 is 31.1. The average Bonchev–Trinajstić information content (AvgIpc) is 2.22. The normalized spacial score (nSPS) is 13.9. The molecule has 1 aromatic rings. The molecule has 0 amide bonds. The molecule has 5 heteroatoms. The van der Waals surface area contributed by atoms with Crippen LogP contribution in [0.4, 0.5) is 8.78 Å². The predicted octanol–water partition coefficient (Wildman–Crippen LogP) is 1.97. The summed E-state index contributed by atoms with van der Waals surface area (Å²) in [7, 11) is 0. The first-order valence-corrected chi connectivity index (χ1v) is 4.73. The summed E-state index contributed by atoms with van der Waals surface area (Å²) in [6.45, 7) is 1.51. The van der Waals surface area contributed by atoms with Crippen molar-refractivity contribution in [3.63, 3.8) is 0 Å². The van der Waals surface area contributed by atoms with Gasteiger partial charge in [0.15, 0.2) is 17.4 Å². The molecule has 1 atom stereocenters. The van der Waals surface area contributed by atoms with Gasteiger partial charge in [-0.25, -0.2) is 8.78 Å². The van der Waals surface area contributed by atoms with Crippen molar-refractivity contribution in [2.45, 2.75) is 18.9 Å². The first-order valence-electron chi connectivity index (χ1n) is 4.73. The minimum absolute atomic E-state index is 0.0155. The highest BCUT2D eigenvalue weighted by molar-refractivity contribution is 5.26. The van der Waals surface area contributed by atoms with E-state index in [-0.39, 0.29) is 13.0 Å². The summed E-state index contributed by atoms with van der Waals surface area (Å²) in [6.07, 6.45) is 0.192. The van der Waals surface area contributed by atoms with E-state index in [1.54, 1.807) is 0 Å². The lowest BCUT2D eigenvalue weighted by molar-refractivity contribution is 0.261. The Morgan fingerprint density at radius 2 is 2.00 bits per heavy atom. The minimum Gasteiger partial charge on any atom is -0.488 e. The smallest absolute Gasteiger partial charge is 0.190 e. The number of para-hydroxylation sites is 1. The van der Waals surface area contributed by atoms with E-state index < -0.39 is 22.9 Å². The van der Waals surface area contributed by atoms with Gasteiger partial charge in [-0.1, -0.05) is 6.07 Å². The molecular weight excluding hydrogens is 214 g/mol. The molecule has 1 aromatic carbocycles. The van der Waals surface area contributed by atoms with Crippen LogP contribution in [0, 0.1) is 23.0 Å². The van der Waals surface area contributed by atoms with Crippen molar-refractivity contribution >= 4 is 0 Å². The van der Waals surface area contributed by atoms with Gasteiger partial charge in [-0.15, -0.1) is 0 Å². The van der Waals surface area contributed by atoms with E-state index in [1.807, 2.05) is 6.07 Å². The van der Waals surface area contributed by atoms with Crippen molar-refractivity contribution in [1.29, 1.82) is 5.26 Å². The summed E-state index contributed by atoms with van der Waals surface area (Å²) in [5.41, 5.74) is 4.47. The average molecular weight is 226 g/mol. The molecule has 1 unspecified atom stereocenters. The first kappa shape index (κ1) is 12.4. The van der Waals surface area contributed by atoms with Gasteiger partial charge in [-0.05, 0) is 19.1 Å². The second-order valence-corrected chi connectivity index (χ2v) is 3.68. The van der Waals surface area contributed by atoms with Crippen LogP contribution >= 0.6 is 0 Å². The topological polar surface area (TPSA) is 59.0 Å². The maximum absolute atomic E-state index is 13.1. The molecule has 3 nitrogen and oxygen atoms in total. The monoisotopic (exact) mass is 226 g/mol. The largest absolute Gasteiger partial charge is 0.488 e. The number of hydrogen-bond acceptors (Lipinski definition) is 3. The van der Waals surface area contributed by atoms with E-state index in [0.29, 0.717) is 0 Å². The van der Waals surface area contributed by atoms with Crippen molar-refractivity contribution < 1.29 is 13.5 Å². The van der Waals surface area contributed by atoms with Crippen LogP contribution in [0.1, 0.15) is 13.3 Å².